The van der Waals surface area contributed by atoms with E-state index in [0.717, 1.165) is 31.2 Å². The lowest BCUT2D eigenvalue weighted by Gasteiger charge is -2.30. The van der Waals surface area contributed by atoms with Crippen LogP contribution >= 0.6 is 11.3 Å². The van der Waals surface area contributed by atoms with Crippen molar-refractivity contribution in [1.29, 1.82) is 0 Å². The fourth-order valence-electron chi connectivity index (χ4n) is 3.97. The Morgan fingerprint density at radius 2 is 2.00 bits per heavy atom. The zero-order valence-corrected chi connectivity index (χ0v) is 18.9. The van der Waals surface area contributed by atoms with Crippen molar-refractivity contribution < 1.29 is 18.8 Å². The molecule has 0 aromatic carbocycles. The number of carbonyl (C=O) groups is 3. The fraction of sp³-hybridized carbons (Fsp3) is 0.333. The molecule has 33 heavy (non-hydrogen) atoms. The SMILES string of the molecule is O=C(NC1CCCC1)C(=O)N(Cc1cccnc1)C(C(=O)NCc1ccco1)c1cccs1. The monoisotopic (exact) mass is 466 g/mol. The van der Waals surface area contributed by atoms with Crippen molar-refractivity contribution in [3.8, 4) is 0 Å². The standard InChI is InChI=1S/C24H26N4O4S/c29-22(26-15-19-9-4-12-32-19)21(20-10-5-13-33-20)28(16-17-6-3-11-25-14-17)24(31)23(30)27-18-7-1-2-8-18/h3-6,9-14,18,21H,1-2,7-8,15-16H2,(H,26,29)(H,27,30). The highest BCUT2D eigenvalue weighted by Crippen LogP contribution is 2.28. The van der Waals surface area contributed by atoms with Crippen LogP contribution in [0.25, 0.3) is 0 Å². The Hall–Kier alpha value is -3.46. The average molecular weight is 467 g/mol. The molecule has 1 fully saturated rings. The third kappa shape index (κ3) is 5.87. The second-order valence-corrected chi connectivity index (χ2v) is 8.94. The average Bonchev–Trinajstić information content (AvgIpc) is 3.61. The largest absolute Gasteiger partial charge is 0.467 e. The van der Waals surface area contributed by atoms with Gasteiger partial charge in [0.1, 0.15) is 11.8 Å². The summed E-state index contributed by atoms with van der Waals surface area (Å²) < 4.78 is 5.31. The Kier molecular flexibility index (Phi) is 7.51. The van der Waals surface area contributed by atoms with Gasteiger partial charge in [0.05, 0.1) is 12.8 Å². The molecule has 3 heterocycles. The van der Waals surface area contributed by atoms with Crippen LogP contribution in [0.15, 0.2) is 64.9 Å². The van der Waals surface area contributed by atoms with Crippen LogP contribution in [0.2, 0.25) is 0 Å². The third-order valence-electron chi connectivity index (χ3n) is 5.61. The topological polar surface area (TPSA) is 105 Å². The summed E-state index contributed by atoms with van der Waals surface area (Å²) in [5.74, 6) is -1.22. The minimum atomic E-state index is -0.970. The quantitative estimate of drug-likeness (QED) is 0.496. The number of nitrogens with one attached hydrogen (secondary N) is 2. The van der Waals surface area contributed by atoms with Crippen molar-refractivity contribution in [1.82, 2.24) is 20.5 Å². The van der Waals surface area contributed by atoms with Crippen molar-refractivity contribution >= 4 is 29.1 Å². The van der Waals surface area contributed by atoms with Gasteiger partial charge in [-0.15, -0.1) is 11.3 Å². The smallest absolute Gasteiger partial charge is 0.313 e. The Labute approximate surface area is 196 Å². The minimum Gasteiger partial charge on any atom is -0.467 e. The zero-order valence-electron chi connectivity index (χ0n) is 18.1. The normalized spacial score (nSPS) is 14.5. The van der Waals surface area contributed by atoms with Crippen LogP contribution in [-0.2, 0) is 27.5 Å². The summed E-state index contributed by atoms with van der Waals surface area (Å²) in [5, 5.41) is 7.53. The van der Waals surface area contributed by atoms with Crippen molar-refractivity contribution in [2.75, 3.05) is 0 Å². The molecule has 3 aromatic heterocycles. The van der Waals surface area contributed by atoms with Gasteiger partial charge < -0.3 is 20.0 Å². The Bertz CT molecular complexity index is 1050. The van der Waals surface area contributed by atoms with Gasteiger partial charge in [-0.25, -0.2) is 0 Å². The maximum Gasteiger partial charge on any atom is 0.313 e. The Morgan fingerprint density at radius 3 is 2.67 bits per heavy atom. The van der Waals surface area contributed by atoms with E-state index in [2.05, 4.69) is 15.6 Å². The first-order valence-corrected chi connectivity index (χ1v) is 11.8. The molecule has 3 aromatic rings. The van der Waals surface area contributed by atoms with E-state index < -0.39 is 17.9 Å². The molecule has 9 heteroatoms. The number of hydrogen-bond acceptors (Lipinski definition) is 6. The molecule has 1 unspecified atom stereocenters. The second kappa shape index (κ2) is 10.9. The molecule has 172 valence electrons. The van der Waals surface area contributed by atoms with Gasteiger partial charge in [-0.1, -0.05) is 25.0 Å². The molecule has 0 saturated heterocycles. The summed E-state index contributed by atoms with van der Waals surface area (Å²) in [6, 6.07) is 9.70. The van der Waals surface area contributed by atoms with Crippen LogP contribution in [0.5, 0.6) is 0 Å². The van der Waals surface area contributed by atoms with E-state index in [0.29, 0.717) is 10.6 Å². The first-order chi connectivity index (χ1) is 16.1. The lowest BCUT2D eigenvalue weighted by molar-refractivity contribution is -0.150. The predicted octanol–water partition coefficient (Wildman–Crippen LogP) is 3.18. The van der Waals surface area contributed by atoms with Gasteiger partial charge in [0.2, 0.25) is 5.91 Å². The molecule has 0 radical (unpaired) electrons. The Balaban J connectivity index is 1.60. The molecule has 0 aliphatic heterocycles. The maximum absolute atomic E-state index is 13.4. The first-order valence-electron chi connectivity index (χ1n) is 11.0. The molecule has 1 saturated carbocycles. The van der Waals surface area contributed by atoms with Gasteiger partial charge in [0.25, 0.3) is 0 Å². The summed E-state index contributed by atoms with van der Waals surface area (Å²) in [6.07, 6.45) is 8.58. The Morgan fingerprint density at radius 1 is 1.15 bits per heavy atom. The highest BCUT2D eigenvalue weighted by atomic mass is 32.1. The zero-order chi connectivity index (χ0) is 23.0. The second-order valence-electron chi connectivity index (χ2n) is 7.96. The lowest BCUT2D eigenvalue weighted by atomic mass is 10.1. The number of thiophene rings is 1. The van der Waals surface area contributed by atoms with Crippen molar-refractivity contribution in [3.05, 3.63) is 76.6 Å². The first kappa shape index (κ1) is 22.7. The van der Waals surface area contributed by atoms with Crippen molar-refractivity contribution in [2.24, 2.45) is 0 Å². The highest BCUT2D eigenvalue weighted by molar-refractivity contribution is 7.10. The molecular formula is C24H26N4O4S. The lowest BCUT2D eigenvalue weighted by Crippen LogP contribution is -2.50. The van der Waals surface area contributed by atoms with E-state index in [9.17, 15) is 14.4 Å². The number of furan rings is 1. The summed E-state index contributed by atoms with van der Waals surface area (Å²) in [5.41, 5.74) is 0.722. The van der Waals surface area contributed by atoms with Crippen LogP contribution in [0.4, 0.5) is 0 Å². The van der Waals surface area contributed by atoms with Crippen LogP contribution < -0.4 is 10.6 Å². The summed E-state index contributed by atoms with van der Waals surface area (Å²) in [6.45, 7) is 0.248. The molecule has 2 N–H and O–H groups in total. The van der Waals surface area contributed by atoms with Crippen LogP contribution in [0.1, 0.15) is 47.9 Å². The van der Waals surface area contributed by atoms with Crippen molar-refractivity contribution in [2.45, 2.75) is 50.9 Å². The number of carbonyl (C=O) groups excluding carboxylic acids is 3. The fourth-order valence-corrected chi connectivity index (χ4v) is 4.81. The van der Waals surface area contributed by atoms with Crippen molar-refractivity contribution in [3.63, 3.8) is 0 Å². The van der Waals surface area contributed by atoms with Crippen LogP contribution in [-0.4, -0.2) is 33.6 Å². The minimum absolute atomic E-state index is 0.00495. The van der Waals surface area contributed by atoms with Crippen LogP contribution in [0.3, 0.4) is 0 Å². The number of nitrogens with zero attached hydrogens (tertiary/aromatic N) is 2. The summed E-state index contributed by atoms with van der Waals surface area (Å²) in [7, 11) is 0. The van der Waals surface area contributed by atoms with Gasteiger partial charge in [-0.05, 0) is 48.1 Å². The molecule has 1 atom stereocenters. The molecular weight excluding hydrogens is 440 g/mol. The van der Waals surface area contributed by atoms with Crippen LogP contribution in [0, 0.1) is 0 Å². The van der Waals surface area contributed by atoms with E-state index in [1.54, 1.807) is 36.7 Å². The summed E-state index contributed by atoms with van der Waals surface area (Å²) in [4.78, 5) is 45.8. The van der Waals surface area contributed by atoms with E-state index in [1.165, 1.54) is 22.5 Å². The molecule has 1 aliphatic rings. The van der Waals surface area contributed by atoms with Gasteiger partial charge >= 0.3 is 11.8 Å². The molecule has 3 amide bonds. The van der Waals surface area contributed by atoms with Gasteiger partial charge in [0.15, 0.2) is 0 Å². The third-order valence-corrected chi connectivity index (χ3v) is 6.54. The molecule has 0 bridgehead atoms. The van der Waals surface area contributed by atoms with E-state index in [1.807, 2.05) is 17.5 Å². The number of hydrogen-bond donors (Lipinski definition) is 2. The van der Waals surface area contributed by atoms with Gasteiger partial charge in [0, 0.05) is 29.9 Å². The predicted molar refractivity (Wildman–Crippen MR) is 123 cm³/mol. The maximum atomic E-state index is 13.4. The number of amides is 3. The van der Waals surface area contributed by atoms with E-state index >= 15 is 0 Å². The number of pyridine rings is 1. The number of rotatable bonds is 8. The number of aromatic nitrogens is 1. The molecule has 0 spiro atoms. The van der Waals surface area contributed by atoms with Gasteiger partial charge in [-0.2, -0.15) is 0 Å². The van der Waals surface area contributed by atoms with E-state index in [4.69, 9.17) is 4.42 Å². The highest BCUT2D eigenvalue weighted by Gasteiger charge is 2.36. The molecule has 8 nitrogen and oxygen atoms in total. The molecule has 4 rings (SSSR count). The molecule has 1 aliphatic carbocycles. The van der Waals surface area contributed by atoms with Gasteiger partial charge in [-0.3, -0.25) is 19.4 Å². The van der Waals surface area contributed by atoms with E-state index in [-0.39, 0.29) is 25.0 Å². The summed E-state index contributed by atoms with van der Waals surface area (Å²) >= 11 is 1.36.